The van der Waals surface area contributed by atoms with Gasteiger partial charge in [0.1, 0.15) is 11.9 Å². The second kappa shape index (κ2) is 6.37. The minimum atomic E-state index is -1.41. The molecular weight excluding hydrogens is 316 g/mol. The standard InChI is InChI=1S/C17H15F2N3O2/c1-22-17(20-16(21-22)10-6-4-3-5-7-10)15(23)11-8-14(24-2)13(19)9-12(11)18/h3-9,15,23H,1-2H3. The van der Waals surface area contributed by atoms with Gasteiger partial charge in [-0.05, 0) is 6.07 Å². The van der Waals surface area contributed by atoms with E-state index in [1.54, 1.807) is 7.05 Å². The van der Waals surface area contributed by atoms with E-state index in [9.17, 15) is 13.9 Å². The third-order valence-corrected chi connectivity index (χ3v) is 3.64. The fourth-order valence-corrected chi connectivity index (χ4v) is 2.39. The molecule has 24 heavy (non-hydrogen) atoms. The number of halogens is 2. The molecule has 1 atom stereocenters. The molecule has 0 bridgehead atoms. The van der Waals surface area contributed by atoms with E-state index in [4.69, 9.17) is 4.74 Å². The summed E-state index contributed by atoms with van der Waals surface area (Å²) in [6.07, 6.45) is -1.41. The number of benzene rings is 2. The van der Waals surface area contributed by atoms with Crippen LogP contribution in [0, 0.1) is 11.6 Å². The normalized spacial score (nSPS) is 12.2. The van der Waals surface area contributed by atoms with Gasteiger partial charge in [-0.15, -0.1) is 0 Å². The Kier molecular flexibility index (Phi) is 4.26. The largest absolute Gasteiger partial charge is 0.494 e. The lowest BCUT2D eigenvalue weighted by Gasteiger charge is -2.12. The van der Waals surface area contributed by atoms with Gasteiger partial charge in [0.15, 0.2) is 23.2 Å². The van der Waals surface area contributed by atoms with Crippen LogP contribution in [0.3, 0.4) is 0 Å². The first kappa shape index (κ1) is 16.1. The Morgan fingerprint density at radius 1 is 1.12 bits per heavy atom. The summed E-state index contributed by atoms with van der Waals surface area (Å²) in [7, 11) is 2.86. The van der Waals surface area contributed by atoms with Crippen LogP contribution in [0.15, 0.2) is 42.5 Å². The quantitative estimate of drug-likeness (QED) is 0.799. The van der Waals surface area contributed by atoms with Crippen LogP contribution < -0.4 is 4.74 Å². The first-order chi connectivity index (χ1) is 11.5. The van der Waals surface area contributed by atoms with E-state index in [0.717, 1.165) is 11.6 Å². The number of aliphatic hydroxyl groups excluding tert-OH is 1. The monoisotopic (exact) mass is 331 g/mol. The van der Waals surface area contributed by atoms with E-state index in [1.165, 1.54) is 11.8 Å². The smallest absolute Gasteiger partial charge is 0.181 e. The van der Waals surface area contributed by atoms with Gasteiger partial charge in [-0.2, -0.15) is 5.10 Å². The van der Waals surface area contributed by atoms with Crippen LogP contribution in [0.1, 0.15) is 17.5 Å². The predicted molar refractivity (Wildman–Crippen MR) is 83.4 cm³/mol. The van der Waals surface area contributed by atoms with Crippen molar-refractivity contribution in [2.24, 2.45) is 7.05 Å². The molecule has 0 spiro atoms. The maximum Gasteiger partial charge on any atom is 0.181 e. The molecule has 0 aliphatic rings. The molecule has 1 unspecified atom stereocenters. The van der Waals surface area contributed by atoms with Gasteiger partial charge in [-0.1, -0.05) is 30.3 Å². The molecule has 0 amide bonds. The van der Waals surface area contributed by atoms with Gasteiger partial charge < -0.3 is 9.84 Å². The van der Waals surface area contributed by atoms with Crippen molar-refractivity contribution in [1.82, 2.24) is 14.8 Å². The number of ether oxygens (including phenoxy) is 1. The maximum absolute atomic E-state index is 14.1. The molecule has 1 N–H and O–H groups in total. The van der Waals surface area contributed by atoms with Crippen molar-refractivity contribution in [2.45, 2.75) is 6.10 Å². The average molecular weight is 331 g/mol. The van der Waals surface area contributed by atoms with Gasteiger partial charge in [0.05, 0.1) is 7.11 Å². The number of hydrogen-bond donors (Lipinski definition) is 1. The van der Waals surface area contributed by atoms with E-state index in [0.29, 0.717) is 11.9 Å². The van der Waals surface area contributed by atoms with Gasteiger partial charge in [0, 0.05) is 24.2 Å². The minimum absolute atomic E-state index is 0.136. The minimum Gasteiger partial charge on any atom is -0.494 e. The summed E-state index contributed by atoms with van der Waals surface area (Å²) in [5, 5.41) is 14.7. The van der Waals surface area contributed by atoms with E-state index in [2.05, 4.69) is 10.1 Å². The van der Waals surface area contributed by atoms with Crippen molar-refractivity contribution in [2.75, 3.05) is 7.11 Å². The number of aliphatic hydroxyl groups is 1. The average Bonchev–Trinajstić information content (AvgIpc) is 2.97. The highest BCUT2D eigenvalue weighted by Gasteiger charge is 2.23. The molecule has 5 nitrogen and oxygen atoms in total. The van der Waals surface area contributed by atoms with Crippen molar-refractivity contribution >= 4 is 0 Å². The number of aromatic nitrogens is 3. The SMILES string of the molecule is COc1cc(C(O)c2nc(-c3ccccc3)nn2C)c(F)cc1F. The topological polar surface area (TPSA) is 60.2 Å². The van der Waals surface area contributed by atoms with Crippen LogP contribution in [0.25, 0.3) is 11.4 Å². The van der Waals surface area contributed by atoms with Crippen molar-refractivity contribution < 1.29 is 18.6 Å². The van der Waals surface area contributed by atoms with Gasteiger partial charge in [0.25, 0.3) is 0 Å². The molecule has 7 heteroatoms. The summed E-state index contributed by atoms with van der Waals surface area (Å²) in [4.78, 5) is 4.28. The van der Waals surface area contributed by atoms with E-state index >= 15 is 0 Å². The fraction of sp³-hybridized carbons (Fsp3) is 0.176. The summed E-state index contributed by atoms with van der Waals surface area (Å²) < 4.78 is 33.8. The first-order valence-electron chi connectivity index (χ1n) is 7.18. The number of nitrogens with zero attached hydrogens (tertiary/aromatic N) is 3. The summed E-state index contributed by atoms with van der Waals surface area (Å²) in [5.74, 6) is -1.34. The highest BCUT2D eigenvalue weighted by molar-refractivity contribution is 5.54. The Hall–Kier alpha value is -2.80. The first-order valence-corrected chi connectivity index (χ1v) is 7.18. The molecule has 3 aromatic rings. The molecule has 3 rings (SSSR count). The Labute approximate surface area is 137 Å². The van der Waals surface area contributed by atoms with Crippen molar-refractivity contribution in [3.8, 4) is 17.1 Å². The van der Waals surface area contributed by atoms with Crippen molar-refractivity contribution in [3.63, 3.8) is 0 Å². The molecule has 0 aliphatic carbocycles. The third kappa shape index (κ3) is 2.85. The molecular formula is C17H15F2N3O2. The Morgan fingerprint density at radius 2 is 1.83 bits per heavy atom. The second-order valence-corrected chi connectivity index (χ2v) is 5.19. The summed E-state index contributed by atoms with van der Waals surface area (Å²) in [6.45, 7) is 0. The zero-order valence-electron chi connectivity index (χ0n) is 13.1. The van der Waals surface area contributed by atoms with E-state index in [-0.39, 0.29) is 17.1 Å². The molecule has 124 valence electrons. The Morgan fingerprint density at radius 3 is 2.50 bits per heavy atom. The summed E-state index contributed by atoms with van der Waals surface area (Å²) >= 11 is 0. The lowest BCUT2D eigenvalue weighted by Crippen LogP contribution is -2.10. The summed E-state index contributed by atoms with van der Waals surface area (Å²) in [6, 6.07) is 11.0. The highest BCUT2D eigenvalue weighted by Crippen LogP contribution is 2.29. The van der Waals surface area contributed by atoms with E-state index in [1.807, 2.05) is 30.3 Å². The van der Waals surface area contributed by atoms with Crippen LogP contribution >= 0.6 is 0 Å². The van der Waals surface area contributed by atoms with Gasteiger partial charge >= 0.3 is 0 Å². The van der Waals surface area contributed by atoms with Crippen LogP contribution in [0.4, 0.5) is 8.78 Å². The highest BCUT2D eigenvalue weighted by atomic mass is 19.1. The molecule has 0 aliphatic heterocycles. The fourth-order valence-electron chi connectivity index (χ4n) is 2.39. The molecule has 1 aromatic heterocycles. The number of methoxy groups -OCH3 is 1. The zero-order valence-corrected chi connectivity index (χ0v) is 13.1. The number of hydrogen-bond acceptors (Lipinski definition) is 4. The number of rotatable bonds is 4. The van der Waals surface area contributed by atoms with Crippen molar-refractivity contribution in [1.29, 1.82) is 0 Å². The Bertz CT molecular complexity index is 866. The van der Waals surface area contributed by atoms with Crippen molar-refractivity contribution in [3.05, 3.63) is 65.5 Å². The lowest BCUT2D eigenvalue weighted by atomic mass is 10.1. The molecule has 0 fully saturated rings. The molecule has 2 aromatic carbocycles. The zero-order chi connectivity index (χ0) is 17.3. The van der Waals surface area contributed by atoms with Crippen LogP contribution in [-0.4, -0.2) is 27.0 Å². The molecule has 1 heterocycles. The lowest BCUT2D eigenvalue weighted by molar-refractivity contribution is 0.198. The van der Waals surface area contributed by atoms with Gasteiger partial charge in [-0.3, -0.25) is 0 Å². The molecule has 0 saturated heterocycles. The Balaban J connectivity index is 2.02. The van der Waals surface area contributed by atoms with E-state index < -0.39 is 17.7 Å². The molecule has 0 saturated carbocycles. The van der Waals surface area contributed by atoms with Crippen LogP contribution in [0.5, 0.6) is 5.75 Å². The number of aryl methyl sites for hydroxylation is 1. The predicted octanol–water partition coefficient (Wildman–Crippen LogP) is 2.85. The maximum atomic E-state index is 14.1. The van der Waals surface area contributed by atoms with Crippen LogP contribution in [0.2, 0.25) is 0 Å². The van der Waals surface area contributed by atoms with Crippen LogP contribution in [-0.2, 0) is 7.05 Å². The third-order valence-electron chi connectivity index (χ3n) is 3.64. The second-order valence-electron chi connectivity index (χ2n) is 5.19. The van der Waals surface area contributed by atoms with Gasteiger partial charge in [-0.25, -0.2) is 18.4 Å². The summed E-state index contributed by atoms with van der Waals surface area (Å²) in [5.41, 5.74) is 0.632. The molecule has 0 radical (unpaired) electrons. The van der Waals surface area contributed by atoms with Gasteiger partial charge in [0.2, 0.25) is 0 Å².